The van der Waals surface area contributed by atoms with E-state index in [9.17, 15) is 14.7 Å². The number of esters is 1. The quantitative estimate of drug-likeness (QED) is 0.847. The van der Waals surface area contributed by atoms with E-state index in [0.29, 0.717) is 22.6 Å². The monoisotopic (exact) mass is 301 g/mol. The molecule has 6 nitrogen and oxygen atoms in total. The van der Waals surface area contributed by atoms with Crippen molar-refractivity contribution in [1.82, 2.24) is 0 Å². The molecule has 2 N–H and O–H groups in total. The molecular formula is C16H15NO5. The van der Waals surface area contributed by atoms with Crippen molar-refractivity contribution in [1.29, 1.82) is 0 Å². The number of carbonyl (C=O) groups is 2. The van der Waals surface area contributed by atoms with Crippen LogP contribution in [0.25, 0.3) is 0 Å². The normalized spacial score (nSPS) is 9.91. The molecule has 6 heteroatoms. The minimum atomic E-state index is -0.466. The van der Waals surface area contributed by atoms with Gasteiger partial charge in [-0.15, -0.1) is 0 Å². The minimum Gasteiger partial charge on any atom is -0.504 e. The summed E-state index contributed by atoms with van der Waals surface area (Å²) in [6.45, 7) is 0. The van der Waals surface area contributed by atoms with E-state index in [1.807, 2.05) is 0 Å². The zero-order valence-electron chi connectivity index (χ0n) is 12.1. The molecule has 0 spiro atoms. The second-order valence-corrected chi connectivity index (χ2v) is 4.41. The smallest absolute Gasteiger partial charge is 0.337 e. The number of carbonyl (C=O) groups excluding carboxylic acids is 2. The molecule has 0 aromatic heterocycles. The van der Waals surface area contributed by atoms with Crippen LogP contribution in [-0.4, -0.2) is 31.2 Å². The van der Waals surface area contributed by atoms with Gasteiger partial charge in [0.25, 0.3) is 5.91 Å². The van der Waals surface area contributed by atoms with Crippen LogP contribution in [0.4, 0.5) is 5.69 Å². The molecule has 2 aromatic carbocycles. The SMILES string of the molecule is COC(=O)c1ccc(C(=O)Nc2ccc(OC)c(O)c2)cc1. The van der Waals surface area contributed by atoms with Crippen molar-refractivity contribution in [2.45, 2.75) is 0 Å². The van der Waals surface area contributed by atoms with Crippen LogP contribution >= 0.6 is 0 Å². The van der Waals surface area contributed by atoms with Crippen LogP contribution in [0.2, 0.25) is 0 Å². The third kappa shape index (κ3) is 3.35. The maximum Gasteiger partial charge on any atom is 0.337 e. The van der Waals surface area contributed by atoms with Crippen LogP contribution in [0.1, 0.15) is 20.7 Å². The molecule has 2 aromatic rings. The molecule has 0 unspecified atom stereocenters. The topological polar surface area (TPSA) is 84.9 Å². The van der Waals surface area contributed by atoms with E-state index < -0.39 is 5.97 Å². The molecule has 0 heterocycles. The Bertz CT molecular complexity index is 694. The molecule has 0 bridgehead atoms. The first-order chi connectivity index (χ1) is 10.5. The Kier molecular flexibility index (Phi) is 4.63. The van der Waals surface area contributed by atoms with E-state index in [0.717, 1.165) is 0 Å². The number of methoxy groups -OCH3 is 2. The molecule has 1 amide bonds. The van der Waals surface area contributed by atoms with E-state index in [4.69, 9.17) is 4.74 Å². The maximum atomic E-state index is 12.1. The molecule has 0 aliphatic rings. The number of hydrogen-bond donors (Lipinski definition) is 2. The molecular weight excluding hydrogens is 286 g/mol. The fourth-order valence-electron chi connectivity index (χ4n) is 1.85. The fourth-order valence-corrected chi connectivity index (χ4v) is 1.85. The number of benzene rings is 2. The first-order valence-corrected chi connectivity index (χ1v) is 6.42. The van der Waals surface area contributed by atoms with Crippen molar-refractivity contribution < 1.29 is 24.2 Å². The molecule has 0 aliphatic carbocycles. The molecule has 22 heavy (non-hydrogen) atoms. The summed E-state index contributed by atoms with van der Waals surface area (Å²) in [7, 11) is 2.73. The van der Waals surface area contributed by atoms with Gasteiger partial charge in [0.1, 0.15) is 0 Å². The number of aromatic hydroxyl groups is 1. The lowest BCUT2D eigenvalue weighted by molar-refractivity contribution is 0.0600. The molecule has 114 valence electrons. The third-order valence-electron chi connectivity index (χ3n) is 3.00. The van der Waals surface area contributed by atoms with Gasteiger partial charge in [-0.25, -0.2) is 4.79 Å². The zero-order valence-corrected chi connectivity index (χ0v) is 12.1. The van der Waals surface area contributed by atoms with Crippen LogP contribution in [-0.2, 0) is 4.74 Å². The minimum absolute atomic E-state index is 0.0682. The summed E-state index contributed by atoms with van der Waals surface area (Å²) in [5.41, 5.74) is 1.17. The van der Waals surface area contributed by atoms with Gasteiger partial charge >= 0.3 is 5.97 Å². The molecule has 0 radical (unpaired) electrons. The van der Waals surface area contributed by atoms with Gasteiger partial charge in [-0.05, 0) is 36.4 Å². The van der Waals surface area contributed by atoms with E-state index in [1.54, 1.807) is 12.1 Å². The van der Waals surface area contributed by atoms with Crippen LogP contribution in [0.5, 0.6) is 11.5 Å². The van der Waals surface area contributed by atoms with Crippen molar-refractivity contribution in [2.75, 3.05) is 19.5 Å². The third-order valence-corrected chi connectivity index (χ3v) is 3.00. The average Bonchev–Trinajstić information content (AvgIpc) is 2.54. The lowest BCUT2D eigenvalue weighted by atomic mass is 10.1. The van der Waals surface area contributed by atoms with Crippen molar-refractivity contribution in [3.05, 3.63) is 53.6 Å². The summed E-state index contributed by atoms with van der Waals surface area (Å²) in [6, 6.07) is 10.6. The number of hydrogen-bond acceptors (Lipinski definition) is 5. The summed E-state index contributed by atoms with van der Waals surface area (Å²) < 4.78 is 9.52. The molecule has 2 rings (SSSR count). The van der Waals surface area contributed by atoms with E-state index in [-0.39, 0.29) is 11.7 Å². The predicted octanol–water partition coefficient (Wildman–Crippen LogP) is 2.44. The summed E-state index contributed by atoms with van der Waals surface area (Å²) in [6.07, 6.45) is 0. The summed E-state index contributed by atoms with van der Waals surface area (Å²) in [5, 5.41) is 12.3. The number of amides is 1. The van der Waals surface area contributed by atoms with Gasteiger partial charge < -0.3 is 19.9 Å². The van der Waals surface area contributed by atoms with Crippen LogP contribution in [0.15, 0.2) is 42.5 Å². The highest BCUT2D eigenvalue weighted by atomic mass is 16.5. The first kappa shape index (κ1) is 15.4. The molecule has 0 aliphatic heterocycles. The number of nitrogens with one attached hydrogen (secondary N) is 1. The molecule has 0 saturated heterocycles. The number of phenols is 1. The summed E-state index contributed by atoms with van der Waals surface area (Å²) >= 11 is 0. The first-order valence-electron chi connectivity index (χ1n) is 6.42. The zero-order chi connectivity index (χ0) is 16.1. The van der Waals surface area contributed by atoms with E-state index in [2.05, 4.69) is 10.1 Å². The summed E-state index contributed by atoms with van der Waals surface area (Å²) in [4.78, 5) is 23.4. The standard InChI is InChI=1S/C16H15NO5/c1-21-14-8-7-12(9-13(14)18)17-15(19)10-3-5-11(6-4-10)16(20)22-2/h3-9,18H,1-2H3,(H,17,19). The lowest BCUT2D eigenvalue weighted by Crippen LogP contribution is -2.12. The molecule has 0 atom stereocenters. The Morgan fingerprint density at radius 2 is 1.64 bits per heavy atom. The van der Waals surface area contributed by atoms with Crippen LogP contribution in [0.3, 0.4) is 0 Å². The Balaban J connectivity index is 2.12. The van der Waals surface area contributed by atoms with Crippen molar-refractivity contribution in [3.8, 4) is 11.5 Å². The van der Waals surface area contributed by atoms with Crippen molar-refractivity contribution >= 4 is 17.6 Å². The van der Waals surface area contributed by atoms with E-state index >= 15 is 0 Å². The second kappa shape index (κ2) is 6.62. The Labute approximate surface area is 127 Å². The van der Waals surface area contributed by atoms with Crippen LogP contribution in [0, 0.1) is 0 Å². The van der Waals surface area contributed by atoms with E-state index in [1.165, 1.54) is 44.6 Å². The van der Waals surface area contributed by atoms with Gasteiger partial charge in [0.15, 0.2) is 11.5 Å². The maximum absolute atomic E-state index is 12.1. The van der Waals surface area contributed by atoms with Gasteiger partial charge in [0.2, 0.25) is 0 Å². The largest absolute Gasteiger partial charge is 0.504 e. The Hall–Kier alpha value is -3.02. The molecule has 0 fully saturated rings. The predicted molar refractivity (Wildman–Crippen MR) is 80.4 cm³/mol. The van der Waals surface area contributed by atoms with Gasteiger partial charge in [0, 0.05) is 17.3 Å². The highest BCUT2D eigenvalue weighted by molar-refractivity contribution is 6.05. The number of phenolic OH excluding ortho intramolecular Hbond substituents is 1. The average molecular weight is 301 g/mol. The number of ether oxygens (including phenoxy) is 2. The van der Waals surface area contributed by atoms with Gasteiger partial charge in [-0.2, -0.15) is 0 Å². The van der Waals surface area contributed by atoms with Gasteiger partial charge in [-0.1, -0.05) is 0 Å². The van der Waals surface area contributed by atoms with Crippen molar-refractivity contribution in [3.63, 3.8) is 0 Å². The number of anilines is 1. The Morgan fingerprint density at radius 3 is 2.18 bits per heavy atom. The highest BCUT2D eigenvalue weighted by Crippen LogP contribution is 2.28. The Morgan fingerprint density at radius 1 is 1.00 bits per heavy atom. The van der Waals surface area contributed by atoms with Gasteiger partial charge in [0.05, 0.1) is 19.8 Å². The van der Waals surface area contributed by atoms with Crippen molar-refractivity contribution in [2.24, 2.45) is 0 Å². The lowest BCUT2D eigenvalue weighted by Gasteiger charge is -2.08. The van der Waals surface area contributed by atoms with Crippen LogP contribution < -0.4 is 10.1 Å². The van der Waals surface area contributed by atoms with Gasteiger partial charge in [-0.3, -0.25) is 4.79 Å². The number of rotatable bonds is 4. The summed E-state index contributed by atoms with van der Waals surface area (Å²) in [5.74, 6) is -0.574. The fraction of sp³-hybridized carbons (Fsp3) is 0.125. The highest BCUT2D eigenvalue weighted by Gasteiger charge is 2.10. The second-order valence-electron chi connectivity index (χ2n) is 4.41. The molecule has 0 saturated carbocycles.